The molecule has 0 saturated carbocycles. The Kier molecular flexibility index (Phi) is 5.64. The Hall–Kier alpha value is -3.40. The van der Waals surface area contributed by atoms with Crippen molar-refractivity contribution in [3.05, 3.63) is 46.2 Å². The third-order valence-corrected chi connectivity index (χ3v) is 6.42. The van der Waals surface area contributed by atoms with E-state index < -0.39 is 29.4 Å². The standard InChI is InChI=1S/C22H24N4O5S/c1-22(2)20(28)25(21(29)23-22)12-19(27)26-15(11-14(24-26)18-6-5-9-32-18)13-7-8-16(30-3)17(10-13)31-4/h5-10,15H,11-12H2,1-4H3,(H,23,29)/t15-/m1/s1. The van der Waals surface area contributed by atoms with Gasteiger partial charge in [0.25, 0.3) is 11.8 Å². The van der Waals surface area contributed by atoms with E-state index in [1.54, 1.807) is 34.1 Å². The zero-order chi connectivity index (χ0) is 23.0. The summed E-state index contributed by atoms with van der Waals surface area (Å²) < 4.78 is 10.7. The molecule has 3 heterocycles. The molecule has 4 rings (SSSR count). The van der Waals surface area contributed by atoms with Gasteiger partial charge in [-0.3, -0.25) is 14.5 Å². The number of nitrogens with zero attached hydrogens (tertiary/aromatic N) is 3. The summed E-state index contributed by atoms with van der Waals surface area (Å²) in [5, 5.41) is 10.5. The van der Waals surface area contributed by atoms with Crippen molar-refractivity contribution in [2.45, 2.75) is 31.8 Å². The highest BCUT2D eigenvalue weighted by Gasteiger charge is 2.46. The second-order valence-corrected chi connectivity index (χ2v) is 8.99. The van der Waals surface area contributed by atoms with Crippen molar-refractivity contribution in [2.24, 2.45) is 5.10 Å². The summed E-state index contributed by atoms with van der Waals surface area (Å²) in [5.74, 6) is 0.226. The monoisotopic (exact) mass is 456 g/mol. The zero-order valence-corrected chi connectivity index (χ0v) is 19.1. The molecule has 0 radical (unpaired) electrons. The number of methoxy groups -OCH3 is 2. The molecule has 1 N–H and O–H groups in total. The minimum Gasteiger partial charge on any atom is -0.493 e. The highest BCUT2D eigenvalue weighted by molar-refractivity contribution is 7.12. The van der Waals surface area contributed by atoms with Gasteiger partial charge in [0.1, 0.15) is 12.1 Å². The van der Waals surface area contributed by atoms with Crippen molar-refractivity contribution in [1.82, 2.24) is 15.2 Å². The Labute approximate surface area is 189 Å². The number of carbonyl (C=O) groups is 3. The Morgan fingerprint density at radius 2 is 1.97 bits per heavy atom. The van der Waals surface area contributed by atoms with Gasteiger partial charge in [-0.2, -0.15) is 5.10 Å². The summed E-state index contributed by atoms with van der Waals surface area (Å²) in [6.45, 7) is 2.82. The number of carbonyl (C=O) groups excluding carboxylic acids is 3. The maximum absolute atomic E-state index is 13.3. The first-order valence-electron chi connectivity index (χ1n) is 10.0. The van der Waals surface area contributed by atoms with Gasteiger partial charge < -0.3 is 14.8 Å². The van der Waals surface area contributed by atoms with Crippen LogP contribution in [0.3, 0.4) is 0 Å². The average molecular weight is 457 g/mol. The van der Waals surface area contributed by atoms with Crippen LogP contribution in [0.1, 0.15) is 36.8 Å². The smallest absolute Gasteiger partial charge is 0.325 e. The molecule has 1 aromatic carbocycles. The van der Waals surface area contributed by atoms with E-state index in [2.05, 4.69) is 10.4 Å². The minimum absolute atomic E-state index is 0.390. The molecule has 10 heteroatoms. The summed E-state index contributed by atoms with van der Waals surface area (Å²) >= 11 is 1.54. The lowest BCUT2D eigenvalue weighted by molar-refractivity contribution is -0.139. The van der Waals surface area contributed by atoms with Gasteiger partial charge in [0.05, 0.1) is 30.9 Å². The number of urea groups is 1. The van der Waals surface area contributed by atoms with Crippen molar-refractivity contribution in [3.8, 4) is 11.5 Å². The number of imide groups is 1. The van der Waals surface area contributed by atoms with Gasteiger partial charge in [-0.25, -0.2) is 9.80 Å². The third-order valence-electron chi connectivity index (χ3n) is 5.50. The molecule has 9 nitrogen and oxygen atoms in total. The minimum atomic E-state index is -1.05. The van der Waals surface area contributed by atoms with Crippen LogP contribution in [0.2, 0.25) is 0 Å². The molecule has 0 bridgehead atoms. The van der Waals surface area contributed by atoms with E-state index in [-0.39, 0.29) is 6.54 Å². The topological polar surface area (TPSA) is 101 Å². The Morgan fingerprint density at radius 1 is 1.22 bits per heavy atom. The van der Waals surface area contributed by atoms with Crippen LogP contribution in [0.25, 0.3) is 0 Å². The van der Waals surface area contributed by atoms with Crippen molar-refractivity contribution in [1.29, 1.82) is 0 Å². The molecule has 2 aliphatic rings. The molecule has 1 fully saturated rings. The second kappa shape index (κ2) is 8.27. The van der Waals surface area contributed by atoms with E-state index >= 15 is 0 Å². The lowest BCUT2D eigenvalue weighted by Gasteiger charge is -2.24. The SMILES string of the molecule is COc1ccc([C@H]2CC(c3cccs3)=NN2C(=O)CN2C(=O)NC(C)(C)C2=O)cc1OC. The summed E-state index contributed by atoms with van der Waals surface area (Å²) in [5.41, 5.74) is 0.533. The maximum atomic E-state index is 13.3. The van der Waals surface area contributed by atoms with Crippen molar-refractivity contribution in [3.63, 3.8) is 0 Å². The van der Waals surface area contributed by atoms with Crippen molar-refractivity contribution >= 4 is 34.9 Å². The third kappa shape index (κ3) is 3.81. The van der Waals surface area contributed by atoms with E-state index in [0.717, 1.165) is 21.1 Å². The molecule has 0 spiro atoms. The van der Waals surface area contributed by atoms with Crippen LogP contribution in [0, 0.1) is 0 Å². The summed E-state index contributed by atoms with van der Waals surface area (Å²) in [6, 6.07) is 8.33. The van der Waals surface area contributed by atoms with Gasteiger partial charge in [-0.1, -0.05) is 12.1 Å². The maximum Gasteiger partial charge on any atom is 0.325 e. The Balaban J connectivity index is 1.65. The van der Waals surface area contributed by atoms with Crippen LogP contribution in [-0.4, -0.2) is 59.8 Å². The van der Waals surface area contributed by atoms with Crippen molar-refractivity contribution < 1.29 is 23.9 Å². The molecule has 32 heavy (non-hydrogen) atoms. The normalized spacial score (nSPS) is 19.8. The van der Waals surface area contributed by atoms with E-state index in [9.17, 15) is 14.4 Å². The number of amides is 4. The molecule has 1 saturated heterocycles. The first kappa shape index (κ1) is 21.8. The fraction of sp³-hybridized carbons (Fsp3) is 0.364. The molecular weight excluding hydrogens is 432 g/mol. The number of thiophene rings is 1. The number of hydrogen-bond donors (Lipinski definition) is 1. The fourth-order valence-corrected chi connectivity index (χ4v) is 4.54. The average Bonchev–Trinajstić information content (AvgIpc) is 3.49. The summed E-state index contributed by atoms with van der Waals surface area (Å²) in [4.78, 5) is 40.0. The molecule has 1 atom stereocenters. The van der Waals surface area contributed by atoms with Crippen LogP contribution in [0.4, 0.5) is 4.79 Å². The van der Waals surface area contributed by atoms with Crippen LogP contribution in [-0.2, 0) is 9.59 Å². The second-order valence-electron chi connectivity index (χ2n) is 8.04. The van der Waals surface area contributed by atoms with E-state index in [1.165, 1.54) is 16.3 Å². The first-order valence-corrected chi connectivity index (χ1v) is 10.9. The summed E-state index contributed by atoms with van der Waals surface area (Å²) in [7, 11) is 3.10. The van der Waals surface area contributed by atoms with Gasteiger partial charge in [0, 0.05) is 6.42 Å². The lowest BCUT2D eigenvalue weighted by atomic mass is 10.0. The first-order chi connectivity index (χ1) is 15.2. The molecule has 2 aromatic rings. The Bertz CT molecular complexity index is 1100. The van der Waals surface area contributed by atoms with Gasteiger partial charge in [0.2, 0.25) is 0 Å². The number of hydrazone groups is 1. The predicted molar refractivity (Wildman–Crippen MR) is 119 cm³/mol. The van der Waals surface area contributed by atoms with E-state index in [0.29, 0.717) is 17.9 Å². The van der Waals surface area contributed by atoms with Crippen LogP contribution in [0.15, 0.2) is 40.8 Å². The largest absolute Gasteiger partial charge is 0.493 e. The molecule has 0 unspecified atom stereocenters. The molecule has 168 valence electrons. The quantitative estimate of drug-likeness (QED) is 0.674. The number of ether oxygens (including phenoxy) is 2. The Morgan fingerprint density at radius 3 is 2.56 bits per heavy atom. The zero-order valence-electron chi connectivity index (χ0n) is 18.2. The number of hydrogen-bond acceptors (Lipinski definition) is 7. The van der Waals surface area contributed by atoms with Gasteiger partial charge in [-0.15, -0.1) is 11.3 Å². The van der Waals surface area contributed by atoms with Gasteiger partial charge in [0.15, 0.2) is 11.5 Å². The highest BCUT2D eigenvalue weighted by atomic mass is 32.1. The lowest BCUT2D eigenvalue weighted by Crippen LogP contribution is -2.43. The molecule has 0 aliphatic carbocycles. The van der Waals surface area contributed by atoms with Crippen LogP contribution >= 0.6 is 11.3 Å². The van der Waals surface area contributed by atoms with Gasteiger partial charge >= 0.3 is 6.03 Å². The number of nitrogens with one attached hydrogen (secondary N) is 1. The van der Waals surface area contributed by atoms with E-state index in [1.807, 2.05) is 29.6 Å². The molecule has 2 aliphatic heterocycles. The van der Waals surface area contributed by atoms with Gasteiger partial charge in [-0.05, 0) is 43.0 Å². The summed E-state index contributed by atoms with van der Waals surface area (Å²) in [6.07, 6.45) is 0.493. The van der Waals surface area contributed by atoms with Crippen molar-refractivity contribution in [2.75, 3.05) is 20.8 Å². The van der Waals surface area contributed by atoms with Crippen LogP contribution in [0.5, 0.6) is 11.5 Å². The van der Waals surface area contributed by atoms with Crippen LogP contribution < -0.4 is 14.8 Å². The molecule has 4 amide bonds. The fourth-order valence-electron chi connectivity index (χ4n) is 3.82. The predicted octanol–water partition coefficient (Wildman–Crippen LogP) is 2.77. The molecule has 1 aromatic heterocycles. The molecular formula is C22H24N4O5S. The highest BCUT2D eigenvalue weighted by Crippen LogP contribution is 2.38. The van der Waals surface area contributed by atoms with E-state index in [4.69, 9.17) is 9.47 Å². The number of rotatable bonds is 6. The number of benzene rings is 1.